The lowest BCUT2D eigenvalue weighted by Gasteiger charge is -2.32. The number of benzene rings is 1. The summed E-state index contributed by atoms with van der Waals surface area (Å²) in [5, 5.41) is 0. The van der Waals surface area contributed by atoms with E-state index in [1.54, 1.807) is 0 Å². The van der Waals surface area contributed by atoms with Crippen LogP contribution in [0.3, 0.4) is 0 Å². The average Bonchev–Trinajstić information content (AvgIpc) is 2.78. The average molecular weight is 360 g/mol. The van der Waals surface area contributed by atoms with E-state index in [0.29, 0.717) is 13.1 Å². The summed E-state index contributed by atoms with van der Waals surface area (Å²) in [6.45, 7) is 12.1. The Morgan fingerprint density at radius 3 is 2.50 bits per heavy atom. The molecule has 0 spiro atoms. The third kappa shape index (κ3) is 4.43. The Hall–Kier alpha value is -1.91. The zero-order valence-electron chi connectivity index (χ0n) is 16.6. The molecule has 1 amide bonds. The molecule has 0 atom stereocenters. The molecule has 2 aliphatic rings. The first kappa shape index (κ1) is 18.9. The molecule has 0 aliphatic carbocycles. The lowest BCUT2D eigenvalue weighted by Crippen LogP contribution is -2.38. The molecule has 0 saturated carbocycles. The number of rotatable bonds is 3. The van der Waals surface area contributed by atoms with Crippen LogP contribution in [0.1, 0.15) is 51.7 Å². The van der Waals surface area contributed by atoms with E-state index < -0.39 is 5.60 Å². The summed E-state index contributed by atoms with van der Waals surface area (Å²) in [7, 11) is 0. The van der Waals surface area contributed by atoms with E-state index in [1.165, 1.54) is 29.7 Å². The smallest absolute Gasteiger partial charge is 0.410 e. The zero-order chi connectivity index (χ0) is 18.7. The third-order valence-corrected chi connectivity index (χ3v) is 4.98. The molecule has 3 rings (SSSR count). The van der Waals surface area contributed by atoms with Crippen molar-refractivity contribution in [3.8, 4) is 5.75 Å². The normalized spacial score (nSPS) is 17.1. The summed E-state index contributed by atoms with van der Waals surface area (Å²) in [6, 6.07) is 4.49. The van der Waals surface area contributed by atoms with Gasteiger partial charge in [0.15, 0.2) is 0 Å². The molecular weight excluding hydrogens is 328 g/mol. The lowest BCUT2D eigenvalue weighted by atomic mass is 10.0. The minimum atomic E-state index is -0.455. The molecule has 2 heterocycles. The van der Waals surface area contributed by atoms with Gasteiger partial charge in [0.2, 0.25) is 0 Å². The van der Waals surface area contributed by atoms with Crippen molar-refractivity contribution in [2.75, 3.05) is 37.7 Å². The number of fused-ring (bicyclic) bond motifs is 2. The lowest BCUT2D eigenvalue weighted by molar-refractivity contribution is 0.0258. The fourth-order valence-electron chi connectivity index (χ4n) is 3.58. The predicted octanol–water partition coefficient (Wildman–Crippen LogP) is 4.02. The highest BCUT2D eigenvalue weighted by Crippen LogP contribution is 2.36. The molecule has 0 aromatic heterocycles. The highest BCUT2D eigenvalue weighted by molar-refractivity contribution is 5.69. The number of nitrogens with zero attached hydrogens (tertiary/aromatic N) is 2. The number of amides is 1. The maximum atomic E-state index is 12.4. The van der Waals surface area contributed by atoms with Crippen LogP contribution in [0.5, 0.6) is 5.75 Å². The van der Waals surface area contributed by atoms with Crippen LogP contribution in [0.4, 0.5) is 10.5 Å². The van der Waals surface area contributed by atoms with Gasteiger partial charge in [-0.1, -0.05) is 13.3 Å². The van der Waals surface area contributed by atoms with Gasteiger partial charge in [-0.2, -0.15) is 0 Å². The highest BCUT2D eigenvalue weighted by atomic mass is 16.6. The van der Waals surface area contributed by atoms with Gasteiger partial charge in [-0.15, -0.1) is 0 Å². The first-order chi connectivity index (χ1) is 12.4. The summed E-state index contributed by atoms with van der Waals surface area (Å²) >= 11 is 0. The first-order valence-corrected chi connectivity index (χ1v) is 9.89. The SMILES string of the molecule is CCCCN1CCOc2cc3c(cc21)CCN(C(=O)OC(C)(C)C)CC3. The second kappa shape index (κ2) is 7.77. The van der Waals surface area contributed by atoms with Gasteiger partial charge in [0.1, 0.15) is 18.0 Å². The van der Waals surface area contributed by atoms with E-state index >= 15 is 0 Å². The Morgan fingerprint density at radius 2 is 1.85 bits per heavy atom. The van der Waals surface area contributed by atoms with Crippen molar-refractivity contribution in [1.82, 2.24) is 4.90 Å². The maximum Gasteiger partial charge on any atom is 0.410 e. The second-order valence-corrected chi connectivity index (χ2v) is 8.25. The topological polar surface area (TPSA) is 42.0 Å². The van der Waals surface area contributed by atoms with Gasteiger partial charge in [-0.3, -0.25) is 0 Å². The quantitative estimate of drug-likeness (QED) is 0.816. The standard InChI is InChI=1S/C21H32N2O3/c1-5-6-9-22-12-13-25-19-15-17-8-11-23(20(24)26-21(2,3)4)10-7-16(17)14-18(19)22/h14-15H,5-13H2,1-4H3. The van der Waals surface area contributed by atoms with Gasteiger partial charge < -0.3 is 19.3 Å². The van der Waals surface area contributed by atoms with Crippen LogP contribution < -0.4 is 9.64 Å². The number of ether oxygens (including phenoxy) is 2. The van der Waals surface area contributed by atoms with Crippen molar-refractivity contribution in [1.29, 1.82) is 0 Å². The number of carbonyl (C=O) groups excluding carboxylic acids is 1. The van der Waals surface area contributed by atoms with Gasteiger partial charge in [-0.05, 0) is 63.3 Å². The fourth-order valence-corrected chi connectivity index (χ4v) is 3.58. The molecule has 26 heavy (non-hydrogen) atoms. The number of hydrogen-bond acceptors (Lipinski definition) is 4. The summed E-state index contributed by atoms with van der Waals surface area (Å²) in [5.41, 5.74) is 3.39. The highest BCUT2D eigenvalue weighted by Gasteiger charge is 2.26. The molecule has 0 fully saturated rings. The van der Waals surface area contributed by atoms with Crippen molar-refractivity contribution < 1.29 is 14.3 Å². The molecular formula is C21H32N2O3. The van der Waals surface area contributed by atoms with Crippen LogP contribution >= 0.6 is 0 Å². The van der Waals surface area contributed by atoms with Gasteiger partial charge in [0.25, 0.3) is 0 Å². The van der Waals surface area contributed by atoms with Gasteiger partial charge >= 0.3 is 6.09 Å². The van der Waals surface area contributed by atoms with Gasteiger partial charge in [0.05, 0.1) is 12.2 Å². The van der Waals surface area contributed by atoms with Crippen molar-refractivity contribution in [2.24, 2.45) is 0 Å². The zero-order valence-corrected chi connectivity index (χ0v) is 16.6. The Balaban J connectivity index is 1.75. The van der Waals surface area contributed by atoms with Gasteiger partial charge in [0, 0.05) is 19.6 Å². The molecule has 2 aliphatic heterocycles. The molecule has 1 aromatic carbocycles. The molecule has 0 unspecified atom stereocenters. The van der Waals surface area contributed by atoms with Crippen LogP contribution in [0.25, 0.3) is 0 Å². The molecule has 0 bridgehead atoms. The number of hydrogen-bond donors (Lipinski definition) is 0. The Kier molecular flexibility index (Phi) is 5.64. The fraction of sp³-hybridized carbons (Fsp3) is 0.667. The number of carbonyl (C=O) groups is 1. The van der Waals surface area contributed by atoms with Crippen LogP contribution in [0.15, 0.2) is 12.1 Å². The van der Waals surface area contributed by atoms with E-state index in [-0.39, 0.29) is 6.09 Å². The summed E-state index contributed by atoms with van der Waals surface area (Å²) in [6.07, 6.45) is 3.89. The largest absolute Gasteiger partial charge is 0.490 e. The van der Waals surface area contributed by atoms with Crippen LogP contribution in [0.2, 0.25) is 0 Å². The van der Waals surface area contributed by atoms with E-state index in [4.69, 9.17) is 9.47 Å². The Morgan fingerprint density at radius 1 is 1.15 bits per heavy atom. The van der Waals surface area contributed by atoms with Gasteiger partial charge in [-0.25, -0.2) is 4.79 Å². The molecule has 0 radical (unpaired) electrons. The van der Waals surface area contributed by atoms with E-state index in [1.807, 2.05) is 25.7 Å². The van der Waals surface area contributed by atoms with Crippen molar-refractivity contribution in [3.63, 3.8) is 0 Å². The second-order valence-electron chi connectivity index (χ2n) is 8.25. The molecule has 0 N–H and O–H groups in total. The minimum Gasteiger partial charge on any atom is -0.490 e. The first-order valence-electron chi connectivity index (χ1n) is 9.89. The Labute approximate surface area is 157 Å². The molecule has 5 heteroatoms. The van der Waals surface area contributed by atoms with E-state index in [0.717, 1.165) is 38.3 Å². The van der Waals surface area contributed by atoms with E-state index in [2.05, 4.69) is 24.0 Å². The monoisotopic (exact) mass is 360 g/mol. The molecule has 1 aromatic rings. The Bertz CT molecular complexity index is 651. The van der Waals surface area contributed by atoms with E-state index in [9.17, 15) is 4.79 Å². The van der Waals surface area contributed by atoms with Crippen LogP contribution in [0, 0.1) is 0 Å². The summed E-state index contributed by atoms with van der Waals surface area (Å²) in [4.78, 5) is 16.7. The third-order valence-electron chi connectivity index (χ3n) is 4.98. The molecule has 5 nitrogen and oxygen atoms in total. The van der Waals surface area contributed by atoms with Crippen LogP contribution in [-0.2, 0) is 17.6 Å². The molecule has 0 saturated heterocycles. The van der Waals surface area contributed by atoms with Crippen molar-refractivity contribution >= 4 is 11.8 Å². The van der Waals surface area contributed by atoms with Crippen molar-refractivity contribution in [3.05, 3.63) is 23.3 Å². The molecule has 144 valence electrons. The predicted molar refractivity (Wildman–Crippen MR) is 104 cm³/mol. The number of anilines is 1. The number of unbranched alkanes of at least 4 members (excludes halogenated alkanes) is 1. The summed E-state index contributed by atoms with van der Waals surface area (Å²) < 4.78 is 11.5. The van der Waals surface area contributed by atoms with Crippen molar-refractivity contribution in [2.45, 2.75) is 59.0 Å². The maximum absolute atomic E-state index is 12.4. The summed E-state index contributed by atoms with van der Waals surface area (Å²) in [5.74, 6) is 0.997. The minimum absolute atomic E-state index is 0.212. The van der Waals surface area contributed by atoms with Crippen LogP contribution in [-0.4, -0.2) is 49.4 Å².